The topological polar surface area (TPSA) is 27.3 Å². The van der Waals surface area contributed by atoms with Gasteiger partial charge in [-0.2, -0.15) is 0 Å². The SMILES string of the molecule is CNCCN1CC(NC)Cc2ccccc21.Cl.Cl. The van der Waals surface area contributed by atoms with E-state index in [2.05, 4.69) is 46.8 Å². The lowest BCUT2D eigenvalue weighted by atomic mass is 9.98. The number of rotatable bonds is 4. The van der Waals surface area contributed by atoms with Crippen LogP contribution in [0.4, 0.5) is 5.69 Å². The minimum absolute atomic E-state index is 0. The molecule has 0 spiro atoms. The van der Waals surface area contributed by atoms with E-state index in [0.717, 1.165) is 26.1 Å². The van der Waals surface area contributed by atoms with Crippen LogP contribution in [-0.4, -0.2) is 39.8 Å². The second-order valence-electron chi connectivity index (χ2n) is 4.37. The lowest BCUT2D eigenvalue weighted by Crippen LogP contribution is -2.46. The number of nitrogens with one attached hydrogen (secondary N) is 2. The van der Waals surface area contributed by atoms with Crippen LogP contribution < -0.4 is 15.5 Å². The zero-order chi connectivity index (χ0) is 11.4. The molecule has 1 aliphatic rings. The highest BCUT2D eigenvalue weighted by atomic mass is 35.5. The van der Waals surface area contributed by atoms with Gasteiger partial charge in [-0.15, -0.1) is 24.8 Å². The van der Waals surface area contributed by atoms with E-state index in [1.807, 2.05) is 7.05 Å². The molecule has 1 aliphatic heterocycles. The average Bonchev–Trinajstić information content (AvgIpc) is 2.35. The van der Waals surface area contributed by atoms with Gasteiger partial charge in [-0.1, -0.05) is 18.2 Å². The normalized spacial score (nSPS) is 17.4. The van der Waals surface area contributed by atoms with E-state index in [1.165, 1.54) is 11.3 Å². The molecule has 1 unspecified atom stereocenters. The van der Waals surface area contributed by atoms with Gasteiger partial charge in [0.25, 0.3) is 0 Å². The first kappa shape index (κ1) is 17.5. The van der Waals surface area contributed by atoms with Crippen molar-refractivity contribution in [1.82, 2.24) is 10.6 Å². The van der Waals surface area contributed by atoms with Crippen molar-refractivity contribution in [1.29, 1.82) is 0 Å². The Morgan fingerprint density at radius 2 is 1.94 bits per heavy atom. The maximum atomic E-state index is 3.39. The fraction of sp³-hybridized carbons (Fsp3) is 0.538. The molecule has 1 aromatic rings. The smallest absolute Gasteiger partial charge is 0.0400 e. The Labute approximate surface area is 122 Å². The van der Waals surface area contributed by atoms with Crippen molar-refractivity contribution in [2.24, 2.45) is 0 Å². The van der Waals surface area contributed by atoms with Gasteiger partial charge in [0.2, 0.25) is 0 Å². The van der Waals surface area contributed by atoms with Crippen molar-refractivity contribution in [3.8, 4) is 0 Å². The van der Waals surface area contributed by atoms with Gasteiger partial charge in [0.05, 0.1) is 0 Å². The lowest BCUT2D eigenvalue weighted by molar-refractivity contribution is 0.519. The van der Waals surface area contributed by atoms with Crippen LogP contribution in [0.25, 0.3) is 0 Å². The van der Waals surface area contributed by atoms with Crippen LogP contribution >= 0.6 is 24.8 Å². The third-order valence-electron chi connectivity index (χ3n) is 3.28. The van der Waals surface area contributed by atoms with Gasteiger partial charge >= 0.3 is 0 Å². The van der Waals surface area contributed by atoms with Gasteiger partial charge in [0, 0.05) is 31.4 Å². The van der Waals surface area contributed by atoms with E-state index in [-0.39, 0.29) is 24.8 Å². The van der Waals surface area contributed by atoms with Gasteiger partial charge in [0.1, 0.15) is 0 Å². The average molecular weight is 292 g/mol. The molecule has 3 nitrogen and oxygen atoms in total. The number of nitrogens with zero attached hydrogens (tertiary/aromatic N) is 1. The maximum Gasteiger partial charge on any atom is 0.0400 e. The molecule has 0 bridgehead atoms. The summed E-state index contributed by atoms with van der Waals surface area (Å²) in [7, 11) is 4.06. The molecule has 18 heavy (non-hydrogen) atoms. The molecule has 0 aromatic heterocycles. The molecule has 0 aliphatic carbocycles. The molecular weight excluding hydrogens is 269 g/mol. The van der Waals surface area contributed by atoms with E-state index in [0.29, 0.717) is 6.04 Å². The number of hydrogen-bond acceptors (Lipinski definition) is 3. The number of likely N-dealkylation sites (N-methyl/N-ethyl adjacent to an activating group) is 2. The zero-order valence-corrected chi connectivity index (χ0v) is 12.6. The summed E-state index contributed by atoms with van der Waals surface area (Å²) in [5.41, 5.74) is 2.87. The molecule has 1 atom stereocenters. The van der Waals surface area contributed by atoms with Crippen LogP contribution in [0.1, 0.15) is 5.56 Å². The Kier molecular flexibility index (Phi) is 8.36. The maximum absolute atomic E-state index is 3.39. The molecule has 1 heterocycles. The molecule has 2 N–H and O–H groups in total. The number of anilines is 1. The van der Waals surface area contributed by atoms with Gasteiger partial charge < -0.3 is 15.5 Å². The molecular formula is C13H23Cl2N3. The summed E-state index contributed by atoms with van der Waals surface area (Å²) in [6.45, 7) is 3.21. The van der Waals surface area contributed by atoms with Gasteiger partial charge in [-0.25, -0.2) is 0 Å². The predicted molar refractivity (Wildman–Crippen MR) is 83.6 cm³/mol. The number of halogens is 2. The summed E-state index contributed by atoms with van der Waals surface area (Å²) >= 11 is 0. The first-order valence-electron chi connectivity index (χ1n) is 6.00. The zero-order valence-electron chi connectivity index (χ0n) is 11.0. The van der Waals surface area contributed by atoms with Crippen LogP contribution in [-0.2, 0) is 6.42 Å². The van der Waals surface area contributed by atoms with E-state index in [1.54, 1.807) is 0 Å². The van der Waals surface area contributed by atoms with Crippen molar-refractivity contribution >= 4 is 30.5 Å². The highest BCUT2D eigenvalue weighted by molar-refractivity contribution is 5.85. The summed E-state index contributed by atoms with van der Waals surface area (Å²) in [6, 6.07) is 9.31. The second-order valence-corrected chi connectivity index (χ2v) is 4.37. The monoisotopic (exact) mass is 291 g/mol. The lowest BCUT2D eigenvalue weighted by Gasteiger charge is -2.36. The highest BCUT2D eigenvalue weighted by Crippen LogP contribution is 2.26. The van der Waals surface area contributed by atoms with Crippen LogP contribution in [0.5, 0.6) is 0 Å². The molecule has 2 rings (SSSR count). The Bertz CT molecular complexity index is 347. The highest BCUT2D eigenvalue weighted by Gasteiger charge is 2.22. The molecule has 0 fully saturated rings. The quantitative estimate of drug-likeness (QED) is 0.884. The van der Waals surface area contributed by atoms with Crippen molar-refractivity contribution in [3.63, 3.8) is 0 Å². The molecule has 0 radical (unpaired) electrons. The Morgan fingerprint density at radius 3 is 2.61 bits per heavy atom. The molecule has 0 saturated heterocycles. The summed E-state index contributed by atoms with van der Waals surface area (Å²) in [4.78, 5) is 2.47. The van der Waals surface area contributed by atoms with E-state index >= 15 is 0 Å². The molecule has 0 saturated carbocycles. The molecule has 104 valence electrons. The van der Waals surface area contributed by atoms with Gasteiger partial charge in [-0.3, -0.25) is 0 Å². The van der Waals surface area contributed by atoms with Crippen molar-refractivity contribution in [3.05, 3.63) is 29.8 Å². The third-order valence-corrected chi connectivity index (χ3v) is 3.28. The number of fused-ring (bicyclic) bond motifs is 1. The minimum Gasteiger partial charge on any atom is -0.368 e. The first-order valence-corrected chi connectivity index (χ1v) is 6.00. The standard InChI is InChI=1S/C13H21N3.2ClH/c1-14-7-8-16-10-12(15-2)9-11-5-3-4-6-13(11)16;;/h3-6,12,14-15H,7-10H2,1-2H3;2*1H. The Balaban J connectivity index is 0.00000144. The molecule has 0 amide bonds. The summed E-state index contributed by atoms with van der Waals surface area (Å²) in [6.07, 6.45) is 1.14. The van der Waals surface area contributed by atoms with Gasteiger partial charge in [-0.05, 0) is 32.1 Å². The van der Waals surface area contributed by atoms with Crippen molar-refractivity contribution in [2.75, 3.05) is 38.6 Å². The summed E-state index contributed by atoms with van der Waals surface area (Å²) in [5.74, 6) is 0. The van der Waals surface area contributed by atoms with Crippen LogP contribution in [0.2, 0.25) is 0 Å². The molecule has 5 heteroatoms. The van der Waals surface area contributed by atoms with Crippen LogP contribution in [0.3, 0.4) is 0 Å². The van der Waals surface area contributed by atoms with Crippen LogP contribution in [0.15, 0.2) is 24.3 Å². The van der Waals surface area contributed by atoms with E-state index in [9.17, 15) is 0 Å². The second kappa shape index (κ2) is 8.59. The fourth-order valence-corrected chi connectivity index (χ4v) is 2.34. The first-order chi connectivity index (χ1) is 7.85. The number of para-hydroxylation sites is 1. The van der Waals surface area contributed by atoms with Gasteiger partial charge in [0.15, 0.2) is 0 Å². The van der Waals surface area contributed by atoms with E-state index in [4.69, 9.17) is 0 Å². The fourth-order valence-electron chi connectivity index (χ4n) is 2.34. The number of benzene rings is 1. The summed E-state index contributed by atoms with van der Waals surface area (Å²) < 4.78 is 0. The minimum atomic E-state index is 0. The number of hydrogen-bond donors (Lipinski definition) is 2. The molecule has 1 aromatic carbocycles. The largest absolute Gasteiger partial charge is 0.368 e. The predicted octanol–water partition coefficient (Wildman–Crippen LogP) is 1.70. The Hall–Kier alpha value is -0.480. The van der Waals surface area contributed by atoms with E-state index < -0.39 is 0 Å². The third kappa shape index (κ3) is 4.02. The Morgan fingerprint density at radius 1 is 1.22 bits per heavy atom. The van der Waals surface area contributed by atoms with Crippen molar-refractivity contribution in [2.45, 2.75) is 12.5 Å². The van der Waals surface area contributed by atoms with Crippen LogP contribution in [0, 0.1) is 0 Å². The summed E-state index contributed by atoms with van der Waals surface area (Å²) in [5, 5.41) is 6.61. The van der Waals surface area contributed by atoms with Crippen molar-refractivity contribution < 1.29 is 0 Å².